The fraction of sp³-hybridized carbons (Fsp3) is 0.615. The molecule has 2 aliphatic heterocycles. The normalized spacial score (nSPS) is 35.4. The van der Waals surface area contributed by atoms with Gasteiger partial charge in [0, 0.05) is 13.3 Å². The number of aromatic amines is 2. The van der Waals surface area contributed by atoms with Gasteiger partial charge in [-0.3, -0.25) is 9.78 Å². The number of aromatic nitrogens is 2. The van der Waals surface area contributed by atoms with Crippen molar-refractivity contribution in [1.82, 2.24) is 15.3 Å². The van der Waals surface area contributed by atoms with Gasteiger partial charge in [0.15, 0.2) is 0 Å². The molecule has 3 rings (SSSR count). The minimum Gasteiger partial charge on any atom is -0.387 e. The third kappa shape index (κ3) is 2.82. The Hall–Kier alpha value is -2.21. The Morgan fingerprint density at radius 2 is 2.21 bits per heavy atom. The van der Waals surface area contributed by atoms with E-state index in [1.165, 1.54) is 13.3 Å². The van der Waals surface area contributed by atoms with Gasteiger partial charge in [0.05, 0.1) is 18.2 Å². The minimum atomic E-state index is -1.17. The number of primary amides is 1. The number of carbonyl (C=O) groups is 1. The number of aliphatic hydroxyl groups excluding tert-OH is 1. The van der Waals surface area contributed by atoms with Crippen molar-refractivity contribution in [3.8, 4) is 0 Å². The average Bonchev–Trinajstić information content (AvgIpc) is 2.85. The Bertz CT molecular complexity index is 732. The Labute approximate surface area is 135 Å². The number of hydrogen-bond donors (Lipinski definition) is 5. The molecule has 11 heteroatoms. The fourth-order valence-corrected chi connectivity index (χ4v) is 3.14. The molecule has 1 unspecified atom stereocenters. The lowest BCUT2D eigenvalue weighted by Crippen LogP contribution is -2.62. The molecule has 1 aromatic heterocycles. The first-order valence-corrected chi connectivity index (χ1v) is 7.28. The first kappa shape index (κ1) is 16.6. The number of hydrogen-bond acceptors (Lipinski definition) is 7. The van der Waals surface area contributed by atoms with E-state index >= 15 is 0 Å². The molecule has 132 valence electrons. The molecule has 0 bridgehead atoms. The van der Waals surface area contributed by atoms with Crippen LogP contribution in [0.2, 0.25) is 0 Å². The highest BCUT2D eigenvalue weighted by atomic mass is 16.6. The van der Waals surface area contributed by atoms with Crippen molar-refractivity contribution in [2.45, 2.75) is 36.6 Å². The van der Waals surface area contributed by atoms with Crippen molar-refractivity contribution in [1.29, 1.82) is 0 Å². The largest absolute Gasteiger partial charge is 0.387 e. The van der Waals surface area contributed by atoms with Crippen LogP contribution in [0.5, 0.6) is 0 Å². The molecule has 24 heavy (non-hydrogen) atoms. The zero-order valence-electron chi connectivity index (χ0n) is 12.7. The number of aliphatic hydroxyl groups is 1. The van der Waals surface area contributed by atoms with E-state index in [0.29, 0.717) is 0 Å². The third-order valence-electron chi connectivity index (χ3n) is 4.25. The summed E-state index contributed by atoms with van der Waals surface area (Å²) in [4.78, 5) is 38.7. The quantitative estimate of drug-likeness (QED) is 0.398. The van der Waals surface area contributed by atoms with E-state index < -0.39 is 53.8 Å². The van der Waals surface area contributed by atoms with Crippen molar-refractivity contribution in [3.05, 3.63) is 32.6 Å². The van der Waals surface area contributed by atoms with Crippen molar-refractivity contribution in [2.75, 3.05) is 13.7 Å². The summed E-state index contributed by atoms with van der Waals surface area (Å²) in [5, 5.41) is 13.0. The zero-order chi connectivity index (χ0) is 17.4. The van der Waals surface area contributed by atoms with Crippen LogP contribution in [0.25, 0.3) is 0 Å². The van der Waals surface area contributed by atoms with E-state index in [-0.39, 0.29) is 12.2 Å². The molecule has 2 amide bonds. The number of nitrogens with two attached hydrogens (primary N) is 1. The predicted molar refractivity (Wildman–Crippen MR) is 78.3 cm³/mol. The predicted octanol–water partition coefficient (Wildman–Crippen LogP) is -2.69. The highest BCUT2D eigenvalue weighted by molar-refractivity contribution is 5.72. The molecule has 3 heterocycles. The van der Waals surface area contributed by atoms with E-state index in [1.54, 1.807) is 0 Å². The molecule has 6 atom stereocenters. The van der Waals surface area contributed by atoms with E-state index in [1.807, 2.05) is 0 Å². The lowest BCUT2D eigenvalue weighted by atomic mass is 9.94. The standard InChI is InChI=1S/C13H18N4O7/c1-22-5-3-23-10-7(18)8(4-2-15-13(21)17-11(4)19)24-9(10)6(5)16-12(14)20/h2,5-10,18H,3H2,1H3,(H3,14,16,20)(H2,15,17,19,21)/t5-,6?,7+,8+,9-,10+/m1/s1. The second kappa shape index (κ2) is 6.36. The SMILES string of the molecule is CO[C@@H]1CO[C@H]2[C@@H](O)[C@H](c3c[nH]c(=O)[nH]c3=O)O[C@@H]2C1NC(N)=O. The Morgan fingerprint density at radius 1 is 1.46 bits per heavy atom. The van der Waals surface area contributed by atoms with Crippen LogP contribution in [0.1, 0.15) is 11.7 Å². The monoisotopic (exact) mass is 342 g/mol. The van der Waals surface area contributed by atoms with Gasteiger partial charge in [-0.05, 0) is 0 Å². The molecule has 2 fully saturated rings. The summed E-state index contributed by atoms with van der Waals surface area (Å²) >= 11 is 0. The van der Waals surface area contributed by atoms with Gasteiger partial charge in [-0.15, -0.1) is 0 Å². The fourth-order valence-electron chi connectivity index (χ4n) is 3.14. The summed E-state index contributed by atoms with van der Waals surface area (Å²) in [5.41, 5.74) is 3.89. The van der Waals surface area contributed by atoms with Crippen LogP contribution in [0.15, 0.2) is 15.8 Å². The Kier molecular flexibility index (Phi) is 4.41. The van der Waals surface area contributed by atoms with Crippen LogP contribution in [-0.4, -0.2) is 65.3 Å². The number of urea groups is 1. The second-order valence-corrected chi connectivity index (χ2v) is 5.65. The number of ether oxygens (including phenoxy) is 3. The van der Waals surface area contributed by atoms with Gasteiger partial charge < -0.3 is 35.4 Å². The lowest BCUT2D eigenvalue weighted by Gasteiger charge is -2.38. The van der Waals surface area contributed by atoms with Gasteiger partial charge in [0.1, 0.15) is 30.5 Å². The van der Waals surface area contributed by atoms with Crippen LogP contribution in [-0.2, 0) is 14.2 Å². The number of fused-ring (bicyclic) bond motifs is 1. The van der Waals surface area contributed by atoms with Gasteiger partial charge in [-0.2, -0.15) is 0 Å². The maximum atomic E-state index is 11.9. The van der Waals surface area contributed by atoms with Gasteiger partial charge in [0.2, 0.25) is 0 Å². The van der Waals surface area contributed by atoms with Crippen LogP contribution < -0.4 is 22.3 Å². The van der Waals surface area contributed by atoms with Gasteiger partial charge in [-0.1, -0.05) is 0 Å². The molecule has 6 N–H and O–H groups in total. The van der Waals surface area contributed by atoms with Gasteiger partial charge in [-0.25, -0.2) is 9.59 Å². The summed E-state index contributed by atoms with van der Waals surface area (Å²) in [7, 11) is 1.44. The average molecular weight is 342 g/mol. The zero-order valence-corrected chi connectivity index (χ0v) is 12.7. The highest BCUT2D eigenvalue weighted by Gasteiger charge is 2.54. The van der Waals surface area contributed by atoms with Crippen LogP contribution >= 0.6 is 0 Å². The molecule has 0 spiro atoms. The summed E-state index contributed by atoms with van der Waals surface area (Å²) in [6, 6.07) is -1.43. The first-order chi connectivity index (χ1) is 11.4. The van der Waals surface area contributed by atoms with Crippen LogP contribution in [0.4, 0.5) is 4.79 Å². The Balaban J connectivity index is 1.91. The molecule has 11 nitrogen and oxygen atoms in total. The number of carbonyl (C=O) groups excluding carboxylic acids is 1. The van der Waals surface area contributed by atoms with Crippen LogP contribution in [0, 0.1) is 0 Å². The number of methoxy groups -OCH3 is 1. The van der Waals surface area contributed by atoms with E-state index in [4.69, 9.17) is 19.9 Å². The number of H-pyrrole nitrogens is 2. The third-order valence-corrected chi connectivity index (χ3v) is 4.25. The summed E-state index contributed by atoms with van der Waals surface area (Å²) in [6.45, 7) is 0.109. The number of nitrogens with one attached hydrogen (secondary N) is 3. The number of rotatable bonds is 3. The van der Waals surface area contributed by atoms with Crippen molar-refractivity contribution >= 4 is 6.03 Å². The number of amides is 2. The van der Waals surface area contributed by atoms with E-state index in [0.717, 1.165) is 0 Å². The van der Waals surface area contributed by atoms with E-state index in [2.05, 4.69) is 15.3 Å². The summed E-state index contributed by atoms with van der Waals surface area (Å²) in [5.74, 6) is 0. The lowest BCUT2D eigenvalue weighted by molar-refractivity contribution is -0.143. The molecule has 0 radical (unpaired) electrons. The maximum Gasteiger partial charge on any atom is 0.325 e. The topological polar surface area (TPSA) is 169 Å². The van der Waals surface area contributed by atoms with Crippen molar-refractivity contribution in [3.63, 3.8) is 0 Å². The molecule has 0 saturated carbocycles. The molecular formula is C13H18N4O7. The molecule has 0 aromatic carbocycles. The van der Waals surface area contributed by atoms with Gasteiger partial charge >= 0.3 is 11.7 Å². The molecule has 2 aliphatic rings. The highest BCUT2D eigenvalue weighted by Crippen LogP contribution is 2.38. The van der Waals surface area contributed by atoms with Crippen molar-refractivity contribution < 1.29 is 24.1 Å². The summed E-state index contributed by atoms with van der Waals surface area (Å²) in [6.07, 6.45) is -3.12. The minimum absolute atomic E-state index is 0.0480. The molecular weight excluding hydrogens is 324 g/mol. The first-order valence-electron chi connectivity index (χ1n) is 7.28. The van der Waals surface area contributed by atoms with E-state index in [9.17, 15) is 19.5 Å². The molecule has 1 aromatic rings. The maximum absolute atomic E-state index is 11.9. The molecule has 2 saturated heterocycles. The van der Waals surface area contributed by atoms with Crippen molar-refractivity contribution in [2.24, 2.45) is 5.73 Å². The smallest absolute Gasteiger partial charge is 0.325 e. The van der Waals surface area contributed by atoms with Gasteiger partial charge in [0.25, 0.3) is 5.56 Å². The second-order valence-electron chi connectivity index (χ2n) is 5.65. The van der Waals surface area contributed by atoms with Crippen LogP contribution in [0.3, 0.4) is 0 Å². The Morgan fingerprint density at radius 3 is 2.83 bits per heavy atom. The summed E-state index contributed by atoms with van der Waals surface area (Å²) < 4.78 is 16.6. The molecule has 0 aliphatic carbocycles.